The van der Waals surface area contributed by atoms with Crippen molar-refractivity contribution in [1.82, 2.24) is 19.9 Å². The van der Waals surface area contributed by atoms with Gasteiger partial charge in [-0.15, -0.1) is 11.3 Å². The maximum absolute atomic E-state index is 14.0. The first-order chi connectivity index (χ1) is 24.1. The normalized spacial score (nSPS) is 27.7. The number of anilines is 1. The van der Waals surface area contributed by atoms with E-state index in [0.29, 0.717) is 43.7 Å². The smallest absolute Gasteiger partial charge is 0.416 e. The number of alkyl halides is 3. The maximum atomic E-state index is 14.0. The second-order valence-corrected chi connectivity index (χ2v) is 16.8. The number of carbonyl (C=O) groups is 4. The number of amides is 4. The summed E-state index contributed by atoms with van der Waals surface area (Å²) in [7, 11) is -2.29. The van der Waals surface area contributed by atoms with Crippen LogP contribution in [0.25, 0.3) is 10.6 Å². The Morgan fingerprint density at radius 3 is 2.59 bits per heavy atom. The number of thiazole rings is 1. The van der Waals surface area contributed by atoms with E-state index >= 15 is 0 Å². The number of aromatic nitrogens is 1. The molecule has 12 nitrogen and oxygen atoms in total. The molecular formula is C34H40F3N5O7S2. The number of ether oxygens (including phenoxy) is 1. The van der Waals surface area contributed by atoms with E-state index in [2.05, 4.69) is 20.3 Å². The third kappa shape index (κ3) is 8.08. The number of fused-ring (bicyclic) bond motifs is 2. The van der Waals surface area contributed by atoms with Gasteiger partial charge < -0.3 is 15.0 Å². The van der Waals surface area contributed by atoms with Gasteiger partial charge in [0.05, 0.1) is 28.3 Å². The van der Waals surface area contributed by atoms with Gasteiger partial charge in [0.2, 0.25) is 21.8 Å². The Morgan fingerprint density at radius 2 is 1.90 bits per heavy atom. The Morgan fingerprint density at radius 1 is 1.16 bits per heavy atom. The predicted molar refractivity (Wildman–Crippen MR) is 182 cm³/mol. The molecule has 4 amide bonds. The van der Waals surface area contributed by atoms with Gasteiger partial charge in [-0.2, -0.15) is 13.2 Å². The van der Waals surface area contributed by atoms with Crippen LogP contribution in [0.3, 0.4) is 0 Å². The van der Waals surface area contributed by atoms with E-state index in [1.807, 2.05) is 19.1 Å². The van der Waals surface area contributed by atoms with Crippen molar-refractivity contribution in [3.05, 3.63) is 47.0 Å². The van der Waals surface area contributed by atoms with E-state index in [9.17, 15) is 40.8 Å². The average Bonchev–Trinajstić information content (AvgIpc) is 3.95. The molecule has 3 aliphatic carbocycles. The molecule has 17 heteroatoms. The molecule has 3 fully saturated rings. The number of nitrogens with zero attached hydrogens (tertiary/aromatic N) is 2. The van der Waals surface area contributed by atoms with Crippen LogP contribution in [0.15, 0.2) is 36.5 Å². The second-order valence-electron chi connectivity index (χ2n) is 13.7. The van der Waals surface area contributed by atoms with Gasteiger partial charge in [-0.05, 0) is 76.0 Å². The lowest BCUT2D eigenvalue weighted by molar-refractivity contribution is -0.140. The number of sulfonamides is 1. The van der Waals surface area contributed by atoms with Crippen molar-refractivity contribution < 1.29 is 45.5 Å². The maximum Gasteiger partial charge on any atom is 0.416 e. The highest BCUT2D eigenvalue weighted by Crippen LogP contribution is 2.47. The standard InChI is InChI=1S/C34H40F3N5O7S2/c1-3-22-18-38-29(50-22)24-12-9-19(34(35,36)37)14-27(24)39-32(46)49-21-15-25-26(16-21)30(44)42(2)13-7-5-4-6-8-20-17-33(20,40-28(25)43)31(45)41-51(47,48)23-10-11-23/h6,8-9,12,14,18,20-21,23,25-26H,3-5,7,10-11,13,15-17H2,1-2H3,(H,39,46)(H,40,43)(H,41,45)/b8-6-. The van der Waals surface area contributed by atoms with Crippen molar-refractivity contribution in [3.63, 3.8) is 0 Å². The minimum Gasteiger partial charge on any atom is -0.446 e. The number of hydrogen-bond donors (Lipinski definition) is 3. The van der Waals surface area contributed by atoms with Gasteiger partial charge in [0.1, 0.15) is 16.7 Å². The molecule has 1 aromatic carbocycles. The van der Waals surface area contributed by atoms with Crippen molar-refractivity contribution >= 4 is 50.9 Å². The van der Waals surface area contributed by atoms with E-state index in [-0.39, 0.29) is 36.4 Å². The van der Waals surface area contributed by atoms with Gasteiger partial charge in [0.15, 0.2) is 0 Å². The van der Waals surface area contributed by atoms with E-state index < -0.39 is 74.3 Å². The van der Waals surface area contributed by atoms with Crippen LogP contribution in [-0.2, 0) is 41.7 Å². The summed E-state index contributed by atoms with van der Waals surface area (Å²) in [6.45, 7) is 2.34. The number of nitrogens with one attached hydrogen (secondary N) is 3. The van der Waals surface area contributed by atoms with Gasteiger partial charge in [0.25, 0.3) is 5.91 Å². The molecule has 5 unspecified atom stereocenters. The number of carbonyl (C=O) groups excluding carboxylic acids is 4. The number of rotatable bonds is 7. The third-order valence-corrected chi connectivity index (χ3v) is 13.0. The molecular weight excluding hydrogens is 712 g/mol. The molecule has 1 aliphatic heterocycles. The fourth-order valence-electron chi connectivity index (χ4n) is 6.79. The predicted octanol–water partition coefficient (Wildman–Crippen LogP) is 5.02. The fourth-order valence-corrected chi connectivity index (χ4v) is 9.04. The molecule has 276 valence electrons. The van der Waals surface area contributed by atoms with E-state index in [1.165, 1.54) is 22.3 Å². The molecule has 3 saturated carbocycles. The van der Waals surface area contributed by atoms with Crippen LogP contribution < -0.4 is 15.4 Å². The number of hydrogen-bond acceptors (Lipinski definition) is 9. The van der Waals surface area contributed by atoms with E-state index in [0.717, 1.165) is 23.4 Å². The fraction of sp³-hybridized carbons (Fsp3) is 0.559. The third-order valence-electron chi connectivity index (χ3n) is 9.99. The van der Waals surface area contributed by atoms with Gasteiger partial charge in [-0.1, -0.05) is 19.1 Å². The topological polar surface area (TPSA) is 164 Å². The first-order valence-electron chi connectivity index (χ1n) is 17.0. The van der Waals surface area contributed by atoms with Gasteiger partial charge in [-0.3, -0.25) is 24.4 Å². The molecule has 1 aromatic heterocycles. The van der Waals surface area contributed by atoms with Gasteiger partial charge in [-0.25, -0.2) is 18.2 Å². The number of halogens is 3. The van der Waals surface area contributed by atoms with Crippen molar-refractivity contribution in [2.75, 3.05) is 18.9 Å². The summed E-state index contributed by atoms with van der Waals surface area (Å²) < 4.78 is 74.1. The molecule has 3 N–H and O–H groups in total. The lowest BCUT2D eigenvalue weighted by atomic mass is 9.93. The molecule has 2 heterocycles. The first-order valence-corrected chi connectivity index (χ1v) is 19.4. The second kappa shape index (κ2) is 14.2. The SMILES string of the molecule is CCc1cnc(-c2ccc(C(F)(F)F)cc2NC(=O)OC2CC3C(=O)NC4(C(=O)NS(=O)(=O)C5CC5)CC4/C=C\CCCCN(C)C(=O)C3C2)s1. The zero-order valence-corrected chi connectivity index (χ0v) is 29.8. The zero-order valence-electron chi connectivity index (χ0n) is 28.1. The van der Waals surface area contributed by atoms with Crippen LogP contribution in [0.1, 0.15) is 68.7 Å². The van der Waals surface area contributed by atoms with E-state index in [4.69, 9.17) is 4.74 Å². The molecule has 0 radical (unpaired) electrons. The summed E-state index contributed by atoms with van der Waals surface area (Å²) in [5.41, 5.74) is -2.41. The Kier molecular flexibility index (Phi) is 10.2. The Labute approximate surface area is 297 Å². The highest BCUT2D eigenvalue weighted by molar-refractivity contribution is 7.91. The van der Waals surface area contributed by atoms with Crippen LogP contribution in [0.5, 0.6) is 0 Å². The Balaban J connectivity index is 1.22. The van der Waals surface area contributed by atoms with Crippen LogP contribution in [0, 0.1) is 17.8 Å². The molecule has 0 saturated heterocycles. The van der Waals surface area contributed by atoms with Crippen molar-refractivity contribution in [3.8, 4) is 10.6 Å². The van der Waals surface area contributed by atoms with Gasteiger partial charge in [0, 0.05) is 36.1 Å². The Bertz CT molecular complexity index is 1840. The highest BCUT2D eigenvalue weighted by Gasteiger charge is 2.62. The first kappa shape index (κ1) is 36.8. The quantitative estimate of drug-likeness (QED) is 0.333. The summed E-state index contributed by atoms with van der Waals surface area (Å²) in [5, 5.41) is 4.95. The average molecular weight is 752 g/mol. The largest absolute Gasteiger partial charge is 0.446 e. The monoisotopic (exact) mass is 751 g/mol. The minimum atomic E-state index is -4.69. The molecule has 51 heavy (non-hydrogen) atoms. The lowest BCUT2D eigenvalue weighted by Gasteiger charge is -2.26. The van der Waals surface area contributed by atoms with Crippen molar-refractivity contribution in [1.29, 1.82) is 0 Å². The van der Waals surface area contributed by atoms with Crippen molar-refractivity contribution in [2.24, 2.45) is 17.8 Å². The summed E-state index contributed by atoms with van der Waals surface area (Å²) in [6.07, 6.45) is 2.23. The summed E-state index contributed by atoms with van der Waals surface area (Å²) in [5.74, 6) is -4.28. The summed E-state index contributed by atoms with van der Waals surface area (Å²) in [4.78, 5) is 61.1. The lowest BCUT2D eigenvalue weighted by Crippen LogP contribution is -2.54. The molecule has 4 aliphatic rings. The molecule has 0 spiro atoms. The molecule has 5 atom stereocenters. The Hall–Kier alpha value is -3.99. The number of aryl methyl sites for hydroxylation is 1. The van der Waals surface area contributed by atoms with Crippen LogP contribution >= 0.6 is 11.3 Å². The van der Waals surface area contributed by atoms with Crippen LogP contribution in [-0.4, -0.2) is 72.6 Å². The van der Waals surface area contributed by atoms with Crippen molar-refractivity contribution in [2.45, 2.75) is 87.8 Å². The summed E-state index contributed by atoms with van der Waals surface area (Å²) >= 11 is 1.28. The summed E-state index contributed by atoms with van der Waals surface area (Å²) in [6, 6.07) is 2.94. The van der Waals surface area contributed by atoms with Crippen LogP contribution in [0.2, 0.25) is 0 Å². The number of allylic oxidation sites excluding steroid dienone is 1. The van der Waals surface area contributed by atoms with E-state index in [1.54, 1.807) is 13.2 Å². The van der Waals surface area contributed by atoms with Crippen LogP contribution in [0.4, 0.5) is 23.7 Å². The highest BCUT2D eigenvalue weighted by atomic mass is 32.2. The molecule has 2 aromatic rings. The van der Waals surface area contributed by atoms with Gasteiger partial charge >= 0.3 is 12.3 Å². The minimum absolute atomic E-state index is 0.0466. The zero-order chi connectivity index (χ0) is 36.7. The molecule has 0 bridgehead atoms. The molecule has 6 rings (SSSR count). The number of benzene rings is 1.